The van der Waals surface area contributed by atoms with Gasteiger partial charge in [-0.25, -0.2) is 0 Å². The van der Waals surface area contributed by atoms with E-state index < -0.39 is 0 Å². The first-order valence-corrected chi connectivity index (χ1v) is 28.1. The smallest absolute Gasteiger partial charge is 0.266 e. The molecule has 4 aromatic carbocycles. The molecule has 0 bridgehead atoms. The summed E-state index contributed by atoms with van der Waals surface area (Å²) in [6, 6.07) is 21.2. The number of aromatic nitrogens is 6. The molecule has 0 saturated carbocycles. The van der Waals surface area contributed by atoms with Gasteiger partial charge in [-0.15, -0.1) is 47.0 Å². The van der Waals surface area contributed by atoms with Gasteiger partial charge in [-0.05, 0) is 155 Å². The molecule has 11 nitrogen and oxygen atoms in total. The van der Waals surface area contributed by atoms with Crippen molar-refractivity contribution in [2.24, 2.45) is 14.1 Å². The van der Waals surface area contributed by atoms with Gasteiger partial charge in [-0.1, -0.05) is 53.0 Å². The number of benzene rings is 4. The third-order valence-corrected chi connectivity index (χ3v) is 18.0. The Balaban J connectivity index is 0.000000178. The number of hydrogen-bond acceptors (Lipinski definition) is 9. The molecule has 0 spiro atoms. The highest BCUT2D eigenvalue weighted by atomic mass is 35.5. The zero-order valence-electron chi connectivity index (χ0n) is 42.6. The summed E-state index contributed by atoms with van der Waals surface area (Å²) < 4.78 is 3.24. The third-order valence-electron chi connectivity index (χ3n) is 11.6. The number of rotatable bonds is 12. The molecule has 7 aromatic rings. The van der Waals surface area contributed by atoms with Crippen LogP contribution in [0.15, 0.2) is 125 Å². The van der Waals surface area contributed by atoms with Crippen LogP contribution in [0.5, 0.6) is 0 Å². The van der Waals surface area contributed by atoms with Crippen molar-refractivity contribution in [1.82, 2.24) is 39.8 Å². The van der Waals surface area contributed by atoms with Crippen LogP contribution in [0.3, 0.4) is 0 Å². The van der Waals surface area contributed by atoms with Crippen molar-refractivity contribution in [3.05, 3.63) is 204 Å². The fourth-order valence-corrected chi connectivity index (χ4v) is 12.0. The van der Waals surface area contributed by atoms with E-state index in [0.717, 1.165) is 105 Å². The van der Waals surface area contributed by atoms with Gasteiger partial charge in [-0.3, -0.25) is 49.1 Å². The van der Waals surface area contributed by atoms with Crippen molar-refractivity contribution in [1.29, 1.82) is 0 Å². The first-order valence-electron chi connectivity index (χ1n) is 22.6. The Morgan fingerprint density at radius 1 is 0.444 bits per heavy atom. The van der Waals surface area contributed by atoms with Crippen LogP contribution in [0.4, 0.5) is 0 Å². The average Bonchev–Trinajstić information content (AvgIpc) is 4.05. The zero-order chi connectivity index (χ0) is 53.1. The number of aryl methyl sites for hydroxylation is 10. The average molecular weight is 1130 g/mol. The summed E-state index contributed by atoms with van der Waals surface area (Å²) in [7, 11) is 7.64. The fourth-order valence-electron chi connectivity index (χ4n) is 6.88. The number of aromatic amines is 4. The first kappa shape index (κ1) is 58.4. The SMILES string of the molecule is C=C1C=C(CSc2cc(C)c(Cl)cc2C)N(C)N1C.Cc1cc(SCc2cc(=O)[nH][nH]2)c(C)cc1Cl.Cc1cc(SCc2cc(=O)[nH]n2C)c(C)cc1Cl.Cc1cc(SCc2cc(=O)n(C)[nH]2)c(C)cc1Cl. The quantitative estimate of drug-likeness (QED) is 0.0884. The maximum atomic E-state index is 11.3. The van der Waals surface area contributed by atoms with Crippen LogP contribution >= 0.6 is 93.5 Å². The lowest BCUT2D eigenvalue weighted by molar-refractivity contribution is 0.135. The lowest BCUT2D eigenvalue weighted by Crippen LogP contribution is -2.29. The number of H-pyrrole nitrogens is 4. The lowest BCUT2D eigenvalue weighted by atomic mass is 10.2. The summed E-state index contributed by atoms with van der Waals surface area (Å²) in [5.74, 6) is 3.18. The van der Waals surface area contributed by atoms with Crippen LogP contribution in [0.25, 0.3) is 0 Å². The molecule has 1 aliphatic heterocycles. The van der Waals surface area contributed by atoms with Crippen molar-refractivity contribution in [2.75, 3.05) is 19.8 Å². The van der Waals surface area contributed by atoms with Gasteiger partial charge in [0.15, 0.2) is 0 Å². The molecule has 4 heterocycles. The van der Waals surface area contributed by atoms with Gasteiger partial charge in [0.25, 0.3) is 16.7 Å². The lowest BCUT2D eigenvalue weighted by Gasteiger charge is -2.26. The second-order valence-electron chi connectivity index (χ2n) is 17.4. The van der Waals surface area contributed by atoms with E-state index in [4.69, 9.17) is 46.4 Å². The predicted octanol–water partition coefficient (Wildman–Crippen LogP) is 14.1. The number of thioether (sulfide) groups is 4. The fraction of sp³-hybridized carbons (Fsp3) is 0.302. The van der Waals surface area contributed by atoms with Gasteiger partial charge in [-0.2, -0.15) is 0 Å². The van der Waals surface area contributed by atoms with Crippen molar-refractivity contribution in [3.8, 4) is 0 Å². The molecule has 0 radical (unpaired) electrons. The van der Waals surface area contributed by atoms with E-state index in [1.165, 1.54) is 35.5 Å². The Morgan fingerprint density at radius 2 is 0.861 bits per heavy atom. The van der Waals surface area contributed by atoms with Crippen LogP contribution in [0.2, 0.25) is 20.1 Å². The first-order chi connectivity index (χ1) is 33.9. The summed E-state index contributed by atoms with van der Waals surface area (Å²) >= 11 is 31.3. The van der Waals surface area contributed by atoms with E-state index in [9.17, 15) is 14.4 Å². The molecule has 8 rings (SSSR count). The van der Waals surface area contributed by atoms with E-state index in [1.807, 2.05) is 98.6 Å². The second-order valence-corrected chi connectivity index (χ2v) is 23.1. The molecule has 4 N–H and O–H groups in total. The minimum atomic E-state index is -0.0930. The van der Waals surface area contributed by atoms with Crippen LogP contribution in [-0.2, 0) is 31.4 Å². The summed E-state index contributed by atoms with van der Waals surface area (Å²) in [4.78, 5) is 38.3. The number of hydrogen-bond donors (Lipinski definition) is 4. The molecule has 19 heteroatoms. The number of nitrogens with one attached hydrogen (secondary N) is 4. The number of allylic oxidation sites excluding steroid dienone is 1. The van der Waals surface area contributed by atoms with Gasteiger partial charge in [0.2, 0.25) is 0 Å². The topological polar surface area (TPSA) is 131 Å². The number of halogens is 4. The van der Waals surface area contributed by atoms with Crippen molar-refractivity contribution in [2.45, 2.75) is 92.2 Å². The number of nitrogens with zero attached hydrogens (tertiary/aromatic N) is 4. The van der Waals surface area contributed by atoms with E-state index in [-0.39, 0.29) is 16.7 Å². The molecule has 0 unspecified atom stereocenters. The van der Waals surface area contributed by atoms with E-state index in [0.29, 0.717) is 0 Å². The van der Waals surface area contributed by atoms with Crippen LogP contribution in [0.1, 0.15) is 61.6 Å². The second kappa shape index (κ2) is 26.7. The Labute approximate surface area is 459 Å². The minimum Gasteiger partial charge on any atom is -0.301 e. The van der Waals surface area contributed by atoms with Gasteiger partial charge >= 0.3 is 0 Å². The molecule has 0 atom stereocenters. The molecule has 1 aliphatic rings. The van der Waals surface area contributed by atoms with Gasteiger partial charge in [0, 0.05) is 126 Å². The highest BCUT2D eigenvalue weighted by molar-refractivity contribution is 7.99. The molecule has 384 valence electrons. The Bertz CT molecular complexity index is 3260. The Kier molecular flexibility index (Phi) is 21.6. The molecule has 0 aliphatic carbocycles. The maximum absolute atomic E-state index is 11.3. The standard InChI is InChI=1S/C15H19ClN2S.2C13H15ClN2OS.C12H13ClN2OS/c1-10-7-15(11(2)6-14(10)16)19-9-13-8-12(3)17(4)18(13)5;1-8-5-12(9(2)4-11(8)14)18-7-10-6-13(17)15-16(10)3;1-8-5-12(9(2)4-11(8)14)18-7-10-6-13(17)16(3)15-10;1-7-4-11(8(2)3-10(7)13)17-6-9-5-12(16)15-14-9/h6-8H,3,9H2,1-2,4-5H3;4-6H,7H2,1-3H3,(H,15,17);4-6,15H,7H2,1-3H3;3-5H,6H2,1-2H3,(H2,14,15,16). The highest BCUT2D eigenvalue weighted by Crippen LogP contribution is 2.34. The molecule has 3 aromatic heterocycles. The van der Waals surface area contributed by atoms with E-state index in [2.05, 4.69) is 81.3 Å². The van der Waals surface area contributed by atoms with Gasteiger partial charge in [0.05, 0.1) is 11.4 Å². The van der Waals surface area contributed by atoms with E-state index >= 15 is 0 Å². The predicted molar refractivity (Wildman–Crippen MR) is 309 cm³/mol. The summed E-state index contributed by atoms with van der Waals surface area (Å²) in [6.07, 6.45) is 2.13. The molecule has 0 fully saturated rings. The summed E-state index contributed by atoms with van der Waals surface area (Å²) in [5, 5.41) is 18.5. The zero-order valence-corrected chi connectivity index (χ0v) is 48.9. The molecule has 0 saturated heterocycles. The van der Waals surface area contributed by atoms with Crippen LogP contribution < -0.4 is 16.7 Å². The van der Waals surface area contributed by atoms with Crippen molar-refractivity contribution < 1.29 is 0 Å². The number of hydrazine groups is 1. The van der Waals surface area contributed by atoms with Crippen molar-refractivity contribution >= 4 is 93.5 Å². The minimum absolute atomic E-state index is 0.00499. The van der Waals surface area contributed by atoms with Crippen LogP contribution in [0, 0.1) is 55.4 Å². The molecule has 0 amide bonds. The highest BCUT2D eigenvalue weighted by Gasteiger charge is 2.19. The number of likely N-dealkylation sites (N-methyl/N-ethyl adjacent to an activating group) is 1. The van der Waals surface area contributed by atoms with Crippen LogP contribution in [-0.4, -0.2) is 59.6 Å². The molecular formula is C53H62Cl4N8O3S4. The summed E-state index contributed by atoms with van der Waals surface area (Å²) in [6.45, 7) is 20.3. The van der Waals surface area contributed by atoms with E-state index in [1.54, 1.807) is 65.2 Å². The van der Waals surface area contributed by atoms with Crippen molar-refractivity contribution in [3.63, 3.8) is 0 Å². The molecule has 72 heavy (non-hydrogen) atoms. The Morgan fingerprint density at radius 3 is 1.21 bits per heavy atom. The van der Waals surface area contributed by atoms with Gasteiger partial charge < -0.3 is 5.10 Å². The summed E-state index contributed by atoms with van der Waals surface area (Å²) in [5.41, 5.74) is 14.0. The Hall–Kier alpha value is -4.45. The van der Waals surface area contributed by atoms with Gasteiger partial charge in [0.1, 0.15) is 0 Å². The largest absolute Gasteiger partial charge is 0.301 e. The third kappa shape index (κ3) is 16.5. The monoisotopic (exact) mass is 1130 g/mol. The maximum Gasteiger partial charge on any atom is 0.266 e. The molecular weight excluding hydrogens is 1070 g/mol. The normalized spacial score (nSPS) is 12.0.